The number of thiol groups is 1. The van der Waals surface area contributed by atoms with Crippen LogP contribution in [0, 0.1) is 0 Å². The topological polar surface area (TPSA) is 181 Å². The Bertz CT molecular complexity index is 359. The largest absolute Gasteiger partial charge is 0.412 e. The molecule has 0 aromatic rings. The van der Waals surface area contributed by atoms with Gasteiger partial charge in [0.15, 0.2) is 6.29 Å². The van der Waals surface area contributed by atoms with Crippen molar-refractivity contribution in [3.63, 3.8) is 0 Å². The average Bonchev–Trinajstić information content (AvgIpc) is 2.49. The van der Waals surface area contributed by atoms with Crippen molar-refractivity contribution in [2.24, 2.45) is 0 Å². The smallest absolute Gasteiger partial charge is 0.187 e. The van der Waals surface area contributed by atoms with Crippen LogP contribution in [0.15, 0.2) is 0 Å². The minimum atomic E-state index is -1.59. The van der Waals surface area contributed by atoms with E-state index in [1.807, 2.05) is 0 Å². The van der Waals surface area contributed by atoms with Gasteiger partial charge in [-0.15, -0.1) is 12.6 Å². The van der Waals surface area contributed by atoms with Crippen molar-refractivity contribution < 1.29 is 50.3 Å². The van der Waals surface area contributed by atoms with Crippen LogP contribution in [0.1, 0.15) is 6.42 Å². The maximum Gasteiger partial charge on any atom is 0.187 e. The molecule has 0 aromatic heterocycles. The highest BCUT2D eigenvalue weighted by Crippen LogP contribution is 2.29. The van der Waals surface area contributed by atoms with Gasteiger partial charge in [0.25, 0.3) is 0 Å². The standard InChI is InChI=1S/C12H22O9S.H2O/c13-2-5-8(16)9(17)10(18)12(20-5)21-11-4(15)1-7(22)19-6(11)3-14;/h4-18,22H,1-3H2;1H2. The van der Waals surface area contributed by atoms with Crippen LogP contribution in [0.25, 0.3) is 0 Å². The van der Waals surface area contributed by atoms with Crippen molar-refractivity contribution in [2.75, 3.05) is 13.2 Å². The van der Waals surface area contributed by atoms with Gasteiger partial charge < -0.3 is 50.3 Å². The van der Waals surface area contributed by atoms with Crippen molar-refractivity contribution >= 4 is 12.6 Å². The Labute approximate surface area is 137 Å². The third-order valence-electron chi connectivity index (χ3n) is 3.84. The number of ether oxygens (including phenoxy) is 3. The van der Waals surface area contributed by atoms with E-state index in [0.29, 0.717) is 0 Å². The fraction of sp³-hybridized carbons (Fsp3) is 1.00. The van der Waals surface area contributed by atoms with Gasteiger partial charge in [-0.2, -0.15) is 0 Å². The van der Waals surface area contributed by atoms with E-state index < -0.39 is 67.7 Å². The highest BCUT2D eigenvalue weighted by atomic mass is 32.1. The van der Waals surface area contributed by atoms with E-state index in [2.05, 4.69) is 12.6 Å². The molecule has 11 heteroatoms. The Morgan fingerprint density at radius 1 is 0.913 bits per heavy atom. The zero-order valence-electron chi connectivity index (χ0n) is 12.2. The second kappa shape index (κ2) is 8.87. The number of aliphatic hydroxyl groups excluding tert-OH is 6. The molecule has 2 fully saturated rings. The van der Waals surface area contributed by atoms with Crippen molar-refractivity contribution in [2.45, 2.75) is 60.9 Å². The monoisotopic (exact) mass is 360 g/mol. The lowest BCUT2D eigenvalue weighted by Gasteiger charge is -2.44. The first-order valence-corrected chi connectivity index (χ1v) is 7.49. The first-order valence-electron chi connectivity index (χ1n) is 6.97. The van der Waals surface area contributed by atoms with E-state index in [9.17, 15) is 25.5 Å². The fourth-order valence-corrected chi connectivity index (χ4v) is 2.96. The summed E-state index contributed by atoms with van der Waals surface area (Å²) in [5.41, 5.74) is -0.568. The van der Waals surface area contributed by atoms with Crippen LogP contribution < -0.4 is 0 Å². The van der Waals surface area contributed by atoms with Crippen LogP contribution in [0.2, 0.25) is 0 Å². The summed E-state index contributed by atoms with van der Waals surface area (Å²) in [4.78, 5) is 0. The van der Waals surface area contributed by atoms with Crippen molar-refractivity contribution in [3.8, 4) is 0 Å². The summed E-state index contributed by atoms with van der Waals surface area (Å²) in [5.74, 6) is 0. The lowest BCUT2D eigenvalue weighted by molar-refractivity contribution is -0.331. The quantitative estimate of drug-likeness (QED) is 0.244. The van der Waals surface area contributed by atoms with Crippen LogP contribution in [0.5, 0.6) is 0 Å². The molecule has 9 atom stereocenters. The molecule has 23 heavy (non-hydrogen) atoms. The summed E-state index contributed by atoms with van der Waals surface area (Å²) < 4.78 is 16.0. The summed E-state index contributed by atoms with van der Waals surface area (Å²) in [6.07, 6.45) is -9.97. The molecule has 2 saturated heterocycles. The van der Waals surface area contributed by atoms with Crippen molar-refractivity contribution in [1.82, 2.24) is 0 Å². The third kappa shape index (κ3) is 4.52. The Hall–Kier alpha value is -0.0500. The molecule has 8 N–H and O–H groups in total. The maximum absolute atomic E-state index is 10.0. The first-order chi connectivity index (χ1) is 10.4. The normalized spacial score (nSPS) is 47.9. The van der Waals surface area contributed by atoms with Gasteiger partial charge in [-0.1, -0.05) is 0 Å². The fourth-order valence-electron chi connectivity index (χ4n) is 2.58. The molecule has 0 bridgehead atoms. The molecular weight excluding hydrogens is 336 g/mol. The summed E-state index contributed by atoms with van der Waals surface area (Å²) in [7, 11) is 0. The molecule has 9 unspecified atom stereocenters. The van der Waals surface area contributed by atoms with Crippen molar-refractivity contribution in [1.29, 1.82) is 0 Å². The van der Waals surface area contributed by atoms with E-state index in [1.54, 1.807) is 0 Å². The van der Waals surface area contributed by atoms with Crippen molar-refractivity contribution in [3.05, 3.63) is 0 Å². The molecule has 0 aliphatic carbocycles. The molecule has 0 aromatic carbocycles. The molecule has 2 heterocycles. The SMILES string of the molecule is O.OCC1OC(OC2C(O)CC(S)OC2CO)C(O)C(O)C1O. The van der Waals surface area contributed by atoms with E-state index >= 15 is 0 Å². The Balaban J connectivity index is 0.00000264. The Morgan fingerprint density at radius 3 is 2.09 bits per heavy atom. The molecule has 2 rings (SSSR count). The highest BCUT2D eigenvalue weighted by Gasteiger charge is 2.47. The predicted octanol–water partition coefficient (Wildman–Crippen LogP) is -4.26. The minimum Gasteiger partial charge on any atom is -0.412 e. The predicted molar refractivity (Wildman–Crippen MR) is 77.6 cm³/mol. The first kappa shape index (κ1) is 21.0. The van der Waals surface area contributed by atoms with Gasteiger partial charge in [0.2, 0.25) is 0 Å². The molecule has 2 aliphatic rings. The number of aliphatic hydroxyl groups is 6. The molecule has 138 valence electrons. The van der Waals surface area contributed by atoms with Crippen LogP contribution >= 0.6 is 12.6 Å². The van der Waals surface area contributed by atoms with E-state index in [1.165, 1.54) is 0 Å². The second-order valence-electron chi connectivity index (χ2n) is 5.41. The minimum absolute atomic E-state index is 0. The lowest BCUT2D eigenvalue weighted by Crippen LogP contribution is -2.61. The molecule has 0 amide bonds. The molecule has 0 radical (unpaired) electrons. The molecule has 10 nitrogen and oxygen atoms in total. The summed E-state index contributed by atoms with van der Waals surface area (Å²) in [6, 6.07) is 0. The van der Waals surface area contributed by atoms with Gasteiger partial charge in [0, 0.05) is 6.42 Å². The number of hydrogen-bond donors (Lipinski definition) is 7. The van der Waals surface area contributed by atoms with Gasteiger partial charge >= 0.3 is 0 Å². The lowest BCUT2D eigenvalue weighted by atomic mass is 9.98. The Kier molecular flexibility index (Phi) is 8.10. The van der Waals surface area contributed by atoms with E-state index in [-0.39, 0.29) is 11.9 Å². The Morgan fingerprint density at radius 2 is 1.52 bits per heavy atom. The summed E-state index contributed by atoms with van der Waals surface area (Å²) in [5, 5.41) is 57.8. The molecular formula is C12H24O10S. The van der Waals surface area contributed by atoms with E-state index in [4.69, 9.17) is 19.3 Å². The average molecular weight is 360 g/mol. The molecule has 0 spiro atoms. The second-order valence-corrected chi connectivity index (χ2v) is 5.99. The van der Waals surface area contributed by atoms with Gasteiger partial charge in [0.1, 0.15) is 42.1 Å². The maximum atomic E-state index is 10.0. The van der Waals surface area contributed by atoms with Gasteiger partial charge in [-0.25, -0.2) is 0 Å². The summed E-state index contributed by atoms with van der Waals surface area (Å²) in [6.45, 7) is -1.03. The molecule has 2 aliphatic heterocycles. The van der Waals surface area contributed by atoms with Crippen LogP contribution in [-0.2, 0) is 14.2 Å². The third-order valence-corrected chi connectivity index (χ3v) is 4.17. The summed E-state index contributed by atoms with van der Waals surface area (Å²) >= 11 is 4.08. The highest BCUT2D eigenvalue weighted by molar-refractivity contribution is 7.80. The van der Waals surface area contributed by atoms with Crippen LogP contribution in [0.3, 0.4) is 0 Å². The van der Waals surface area contributed by atoms with Crippen LogP contribution in [0.4, 0.5) is 0 Å². The van der Waals surface area contributed by atoms with Gasteiger partial charge in [-0.05, 0) is 0 Å². The number of hydrogen-bond acceptors (Lipinski definition) is 10. The zero-order chi connectivity index (χ0) is 16.4. The number of rotatable bonds is 4. The zero-order valence-corrected chi connectivity index (χ0v) is 13.1. The van der Waals surface area contributed by atoms with Crippen LogP contribution in [-0.4, -0.2) is 104 Å². The van der Waals surface area contributed by atoms with E-state index in [0.717, 1.165) is 0 Å². The van der Waals surface area contributed by atoms with Gasteiger partial charge in [-0.3, -0.25) is 0 Å². The molecule has 0 saturated carbocycles. The van der Waals surface area contributed by atoms with Gasteiger partial charge in [0.05, 0.1) is 19.3 Å².